The predicted molar refractivity (Wildman–Crippen MR) is 89.9 cm³/mol. The highest BCUT2D eigenvalue weighted by molar-refractivity contribution is 5.79. The quantitative estimate of drug-likeness (QED) is 0.366. The summed E-state index contributed by atoms with van der Waals surface area (Å²) in [5.41, 5.74) is 0. The molecule has 0 aromatic rings. The maximum Gasteiger partial charge on any atom is 0.191 e. The zero-order chi connectivity index (χ0) is 15.3. The zero-order valence-corrected chi connectivity index (χ0v) is 14.2. The molecule has 1 saturated heterocycles. The molecular formula is C16H34N4O. The van der Waals surface area contributed by atoms with Crippen molar-refractivity contribution in [2.24, 2.45) is 10.9 Å². The average Bonchev–Trinajstić information content (AvgIpc) is 2.96. The van der Waals surface area contributed by atoms with E-state index in [0.29, 0.717) is 0 Å². The number of aliphatic imine (C=N–C) groups is 1. The lowest BCUT2D eigenvalue weighted by Crippen LogP contribution is -2.38. The smallest absolute Gasteiger partial charge is 0.191 e. The van der Waals surface area contributed by atoms with Crippen molar-refractivity contribution < 1.29 is 4.74 Å². The first-order valence-electron chi connectivity index (χ1n) is 8.62. The molecule has 0 amide bonds. The van der Waals surface area contributed by atoms with E-state index in [1.165, 1.54) is 26.1 Å². The Morgan fingerprint density at radius 2 is 2.10 bits per heavy atom. The monoisotopic (exact) mass is 298 g/mol. The normalized spacial score (nSPS) is 20.0. The van der Waals surface area contributed by atoms with Gasteiger partial charge in [-0.25, -0.2) is 0 Å². The van der Waals surface area contributed by atoms with Gasteiger partial charge < -0.3 is 20.3 Å². The molecule has 21 heavy (non-hydrogen) atoms. The molecule has 5 heteroatoms. The standard InChI is InChI=1S/C16H34N4O/c1-4-17-16(18-10-7-8-12-21-6-3)19-13-15-9-11-20(5-2)14-15/h15H,4-14H2,1-3H3,(H2,17,18,19). The van der Waals surface area contributed by atoms with Crippen molar-refractivity contribution in [3.63, 3.8) is 0 Å². The highest BCUT2D eigenvalue weighted by Crippen LogP contribution is 2.15. The third-order valence-electron chi connectivity index (χ3n) is 3.88. The topological polar surface area (TPSA) is 48.9 Å². The molecule has 0 saturated carbocycles. The number of hydrogen-bond acceptors (Lipinski definition) is 3. The molecule has 1 fully saturated rings. The number of guanidine groups is 1. The molecule has 2 N–H and O–H groups in total. The molecular weight excluding hydrogens is 264 g/mol. The van der Waals surface area contributed by atoms with Crippen LogP contribution in [0.5, 0.6) is 0 Å². The molecule has 1 unspecified atom stereocenters. The van der Waals surface area contributed by atoms with Gasteiger partial charge in [0.15, 0.2) is 5.96 Å². The van der Waals surface area contributed by atoms with Crippen LogP contribution in [-0.4, -0.2) is 63.3 Å². The summed E-state index contributed by atoms with van der Waals surface area (Å²) < 4.78 is 5.35. The number of ether oxygens (including phenoxy) is 1. The van der Waals surface area contributed by atoms with E-state index in [1.54, 1.807) is 0 Å². The minimum atomic E-state index is 0.721. The van der Waals surface area contributed by atoms with Gasteiger partial charge in [-0.1, -0.05) is 6.92 Å². The van der Waals surface area contributed by atoms with E-state index in [4.69, 9.17) is 9.73 Å². The largest absolute Gasteiger partial charge is 0.382 e. The molecule has 1 aliphatic heterocycles. The molecule has 1 rings (SSSR count). The molecule has 5 nitrogen and oxygen atoms in total. The lowest BCUT2D eigenvalue weighted by Gasteiger charge is -2.14. The van der Waals surface area contributed by atoms with E-state index in [0.717, 1.165) is 57.6 Å². The van der Waals surface area contributed by atoms with Crippen molar-refractivity contribution in [3.8, 4) is 0 Å². The Morgan fingerprint density at radius 3 is 2.76 bits per heavy atom. The summed E-state index contributed by atoms with van der Waals surface area (Å²) in [7, 11) is 0. The maximum absolute atomic E-state index is 5.35. The fraction of sp³-hybridized carbons (Fsp3) is 0.938. The molecule has 0 bridgehead atoms. The number of hydrogen-bond donors (Lipinski definition) is 2. The number of nitrogens with one attached hydrogen (secondary N) is 2. The fourth-order valence-corrected chi connectivity index (χ4v) is 2.59. The minimum absolute atomic E-state index is 0.721. The van der Waals surface area contributed by atoms with Crippen molar-refractivity contribution in [1.82, 2.24) is 15.5 Å². The molecule has 0 radical (unpaired) electrons. The Kier molecular flexibility index (Phi) is 10.3. The van der Waals surface area contributed by atoms with Gasteiger partial charge in [0.2, 0.25) is 0 Å². The van der Waals surface area contributed by atoms with E-state index in [-0.39, 0.29) is 0 Å². The lowest BCUT2D eigenvalue weighted by molar-refractivity contribution is 0.143. The molecule has 124 valence electrons. The third kappa shape index (κ3) is 8.27. The van der Waals surface area contributed by atoms with E-state index in [9.17, 15) is 0 Å². The first-order valence-corrected chi connectivity index (χ1v) is 8.62. The van der Waals surface area contributed by atoms with E-state index >= 15 is 0 Å². The van der Waals surface area contributed by atoms with Gasteiger partial charge in [-0.2, -0.15) is 0 Å². The molecule has 0 aromatic carbocycles. The van der Waals surface area contributed by atoms with Crippen LogP contribution in [0.1, 0.15) is 40.0 Å². The van der Waals surface area contributed by atoms with E-state index < -0.39 is 0 Å². The summed E-state index contributed by atoms with van der Waals surface area (Å²) >= 11 is 0. The van der Waals surface area contributed by atoms with Crippen molar-refractivity contribution in [2.75, 3.05) is 52.5 Å². The van der Waals surface area contributed by atoms with Crippen LogP contribution in [0.4, 0.5) is 0 Å². The van der Waals surface area contributed by atoms with Crippen molar-refractivity contribution in [1.29, 1.82) is 0 Å². The average molecular weight is 298 g/mol. The molecule has 1 heterocycles. The van der Waals surface area contributed by atoms with E-state index in [2.05, 4.69) is 29.4 Å². The molecule has 1 aliphatic rings. The Hall–Kier alpha value is -0.810. The van der Waals surface area contributed by atoms with Crippen molar-refractivity contribution in [3.05, 3.63) is 0 Å². The molecule has 1 atom stereocenters. The van der Waals surface area contributed by atoms with Crippen LogP contribution < -0.4 is 10.6 Å². The predicted octanol–water partition coefficient (Wildman–Crippen LogP) is 1.70. The maximum atomic E-state index is 5.35. The summed E-state index contributed by atoms with van der Waals surface area (Å²) in [6.45, 7) is 14.5. The van der Waals surface area contributed by atoms with Crippen molar-refractivity contribution >= 4 is 5.96 Å². The van der Waals surface area contributed by atoms with Gasteiger partial charge >= 0.3 is 0 Å². The Balaban J connectivity index is 2.20. The van der Waals surface area contributed by atoms with Crippen LogP contribution in [0.2, 0.25) is 0 Å². The number of nitrogens with zero attached hydrogens (tertiary/aromatic N) is 2. The van der Waals surface area contributed by atoms with Gasteiger partial charge in [0.25, 0.3) is 0 Å². The van der Waals surface area contributed by atoms with Gasteiger partial charge in [0, 0.05) is 39.4 Å². The third-order valence-corrected chi connectivity index (χ3v) is 3.88. The van der Waals surface area contributed by atoms with Crippen LogP contribution in [-0.2, 0) is 4.74 Å². The Labute approximate surface area is 130 Å². The first kappa shape index (κ1) is 18.2. The van der Waals surface area contributed by atoms with Crippen LogP contribution in [0, 0.1) is 5.92 Å². The van der Waals surface area contributed by atoms with Crippen LogP contribution in [0.25, 0.3) is 0 Å². The van der Waals surface area contributed by atoms with Gasteiger partial charge in [-0.3, -0.25) is 4.99 Å². The van der Waals surface area contributed by atoms with Crippen molar-refractivity contribution in [2.45, 2.75) is 40.0 Å². The van der Waals surface area contributed by atoms with Gasteiger partial charge in [0.05, 0.1) is 0 Å². The number of likely N-dealkylation sites (tertiary alicyclic amines) is 1. The number of rotatable bonds is 10. The molecule has 0 spiro atoms. The second-order valence-corrected chi connectivity index (χ2v) is 5.60. The first-order chi connectivity index (χ1) is 10.3. The zero-order valence-electron chi connectivity index (χ0n) is 14.2. The summed E-state index contributed by atoms with van der Waals surface area (Å²) in [6.07, 6.45) is 3.51. The fourth-order valence-electron chi connectivity index (χ4n) is 2.59. The summed E-state index contributed by atoms with van der Waals surface area (Å²) in [6, 6.07) is 0. The van der Waals surface area contributed by atoms with Crippen LogP contribution in [0.15, 0.2) is 4.99 Å². The lowest BCUT2D eigenvalue weighted by atomic mass is 10.1. The minimum Gasteiger partial charge on any atom is -0.382 e. The van der Waals surface area contributed by atoms with Gasteiger partial charge in [0.1, 0.15) is 0 Å². The van der Waals surface area contributed by atoms with E-state index in [1.807, 2.05) is 6.92 Å². The number of unbranched alkanes of at least 4 members (excludes halogenated alkanes) is 1. The summed E-state index contributed by atoms with van der Waals surface area (Å²) in [4.78, 5) is 7.24. The van der Waals surface area contributed by atoms with Gasteiger partial charge in [-0.05, 0) is 52.1 Å². The van der Waals surface area contributed by atoms with Gasteiger partial charge in [-0.15, -0.1) is 0 Å². The second kappa shape index (κ2) is 11.8. The highest BCUT2D eigenvalue weighted by atomic mass is 16.5. The SMILES string of the molecule is CCNC(=NCC1CCN(CC)C1)NCCCCOCC. The second-order valence-electron chi connectivity index (χ2n) is 5.60. The summed E-state index contributed by atoms with van der Waals surface area (Å²) in [5, 5.41) is 6.74. The Morgan fingerprint density at radius 1 is 1.24 bits per heavy atom. The highest BCUT2D eigenvalue weighted by Gasteiger charge is 2.20. The molecule has 0 aromatic heterocycles. The van der Waals surface area contributed by atoms with Crippen LogP contribution in [0.3, 0.4) is 0 Å². The summed E-state index contributed by atoms with van der Waals surface area (Å²) in [5.74, 6) is 1.68. The molecule has 0 aliphatic carbocycles. The van der Waals surface area contributed by atoms with Crippen LogP contribution >= 0.6 is 0 Å². The Bertz CT molecular complexity index is 283.